The fourth-order valence-corrected chi connectivity index (χ4v) is 2.23. The summed E-state index contributed by atoms with van der Waals surface area (Å²) >= 11 is 9.19. The largest absolute Gasteiger partial charge is 0.466 e. The number of ether oxygens (including phenoxy) is 1. The number of pyridine rings is 1. The molecule has 0 unspecified atom stereocenters. The third kappa shape index (κ3) is 4.52. The molecule has 4 nitrogen and oxygen atoms in total. The summed E-state index contributed by atoms with van der Waals surface area (Å²) in [6.07, 6.45) is 1.91. The molecule has 0 N–H and O–H groups in total. The van der Waals surface area contributed by atoms with E-state index in [0.29, 0.717) is 24.6 Å². The minimum Gasteiger partial charge on any atom is -0.466 e. The molecule has 0 saturated carbocycles. The van der Waals surface area contributed by atoms with Crippen molar-refractivity contribution in [2.75, 3.05) is 25.1 Å². The normalized spacial score (nSPS) is 10.1. The van der Waals surface area contributed by atoms with E-state index in [2.05, 4.69) is 20.9 Å². The second-order valence-corrected chi connectivity index (χ2v) is 4.73. The summed E-state index contributed by atoms with van der Waals surface area (Å²) in [5, 5.41) is 0.569. The molecule has 0 aliphatic rings. The molecular formula is C11H14BrClN2O2. The van der Waals surface area contributed by atoms with E-state index in [4.69, 9.17) is 16.3 Å². The zero-order chi connectivity index (χ0) is 12.8. The molecule has 0 bridgehead atoms. The van der Waals surface area contributed by atoms with Crippen LogP contribution in [-0.4, -0.2) is 31.2 Å². The van der Waals surface area contributed by atoms with Crippen molar-refractivity contribution >= 4 is 39.3 Å². The second kappa shape index (κ2) is 6.81. The highest BCUT2D eigenvalue weighted by Crippen LogP contribution is 2.25. The highest BCUT2D eigenvalue weighted by atomic mass is 79.9. The summed E-state index contributed by atoms with van der Waals surface area (Å²) < 4.78 is 5.66. The molecule has 94 valence electrons. The Hall–Kier alpha value is -0.810. The standard InChI is InChI=1S/C11H14BrClN2O2/c1-3-17-10(16)4-5-15(2)11-9(12)6-8(13)7-14-11/h6-7H,3-5H2,1-2H3. The van der Waals surface area contributed by atoms with Gasteiger partial charge >= 0.3 is 5.97 Å². The van der Waals surface area contributed by atoms with Crippen LogP contribution in [0.2, 0.25) is 5.02 Å². The third-order valence-electron chi connectivity index (χ3n) is 2.11. The van der Waals surface area contributed by atoms with Gasteiger partial charge in [0.1, 0.15) is 5.82 Å². The Labute approximate surface area is 114 Å². The molecule has 1 heterocycles. The lowest BCUT2D eigenvalue weighted by Crippen LogP contribution is -2.23. The van der Waals surface area contributed by atoms with Crippen LogP contribution in [0.15, 0.2) is 16.7 Å². The zero-order valence-electron chi connectivity index (χ0n) is 9.74. The number of hydrogen-bond acceptors (Lipinski definition) is 4. The molecule has 0 aliphatic carbocycles. The van der Waals surface area contributed by atoms with Gasteiger partial charge in [-0.2, -0.15) is 0 Å². The minimum absolute atomic E-state index is 0.204. The van der Waals surface area contributed by atoms with Crippen molar-refractivity contribution in [3.63, 3.8) is 0 Å². The van der Waals surface area contributed by atoms with Gasteiger partial charge in [-0.05, 0) is 28.9 Å². The van der Waals surface area contributed by atoms with Gasteiger partial charge in [0.15, 0.2) is 0 Å². The summed E-state index contributed by atoms with van der Waals surface area (Å²) in [6, 6.07) is 1.77. The molecule has 0 saturated heterocycles. The summed E-state index contributed by atoms with van der Waals surface area (Å²) in [5.41, 5.74) is 0. The lowest BCUT2D eigenvalue weighted by atomic mass is 10.3. The van der Waals surface area contributed by atoms with E-state index < -0.39 is 0 Å². The molecule has 0 amide bonds. The summed E-state index contributed by atoms with van der Waals surface area (Å²) in [5.74, 6) is 0.545. The van der Waals surface area contributed by atoms with Crippen molar-refractivity contribution < 1.29 is 9.53 Å². The van der Waals surface area contributed by atoms with Crippen LogP contribution in [0.5, 0.6) is 0 Å². The molecule has 1 aromatic heterocycles. The predicted octanol–water partition coefficient (Wildman–Crippen LogP) is 2.89. The first-order valence-corrected chi connectivity index (χ1v) is 6.39. The Morgan fingerprint density at radius 2 is 2.35 bits per heavy atom. The summed E-state index contributed by atoms with van der Waals surface area (Å²) in [4.78, 5) is 17.3. The quantitative estimate of drug-likeness (QED) is 0.782. The van der Waals surface area contributed by atoms with Crippen molar-refractivity contribution in [3.8, 4) is 0 Å². The molecular weight excluding hydrogens is 307 g/mol. The van der Waals surface area contributed by atoms with Crippen LogP contribution in [-0.2, 0) is 9.53 Å². The molecule has 0 spiro atoms. The molecule has 0 aromatic carbocycles. The third-order valence-corrected chi connectivity index (χ3v) is 2.90. The number of esters is 1. The van der Waals surface area contributed by atoms with Crippen molar-refractivity contribution in [2.45, 2.75) is 13.3 Å². The van der Waals surface area contributed by atoms with Gasteiger partial charge in [-0.1, -0.05) is 11.6 Å². The monoisotopic (exact) mass is 320 g/mol. The molecule has 1 rings (SSSR count). The first-order chi connectivity index (χ1) is 8.04. The Balaban J connectivity index is 2.57. The maximum absolute atomic E-state index is 11.2. The topological polar surface area (TPSA) is 42.4 Å². The van der Waals surface area contributed by atoms with E-state index in [9.17, 15) is 4.79 Å². The number of carbonyl (C=O) groups excluding carboxylic acids is 1. The number of carbonyl (C=O) groups is 1. The molecule has 1 aromatic rings. The Bertz CT molecular complexity index is 401. The van der Waals surface area contributed by atoms with Crippen LogP contribution >= 0.6 is 27.5 Å². The van der Waals surface area contributed by atoms with Gasteiger partial charge in [0, 0.05) is 19.8 Å². The predicted molar refractivity (Wildman–Crippen MR) is 71.5 cm³/mol. The van der Waals surface area contributed by atoms with Gasteiger partial charge in [-0.15, -0.1) is 0 Å². The van der Waals surface area contributed by atoms with E-state index in [0.717, 1.165) is 10.3 Å². The maximum Gasteiger partial charge on any atom is 0.307 e. The SMILES string of the molecule is CCOC(=O)CCN(C)c1ncc(Cl)cc1Br. The van der Waals surface area contributed by atoms with Crippen LogP contribution in [0.25, 0.3) is 0 Å². The van der Waals surface area contributed by atoms with E-state index in [1.165, 1.54) is 0 Å². The number of hydrogen-bond donors (Lipinski definition) is 0. The Kier molecular flexibility index (Phi) is 5.71. The van der Waals surface area contributed by atoms with E-state index in [1.807, 2.05) is 11.9 Å². The van der Waals surface area contributed by atoms with Gasteiger partial charge in [0.2, 0.25) is 0 Å². The molecule has 0 radical (unpaired) electrons. The van der Waals surface area contributed by atoms with Gasteiger partial charge in [-0.3, -0.25) is 4.79 Å². The Morgan fingerprint density at radius 3 is 2.94 bits per heavy atom. The lowest BCUT2D eigenvalue weighted by molar-refractivity contribution is -0.142. The molecule has 0 fully saturated rings. The average molecular weight is 322 g/mol. The van der Waals surface area contributed by atoms with E-state index in [1.54, 1.807) is 19.2 Å². The van der Waals surface area contributed by atoms with Crippen LogP contribution in [0.3, 0.4) is 0 Å². The van der Waals surface area contributed by atoms with Crippen molar-refractivity contribution in [2.24, 2.45) is 0 Å². The minimum atomic E-state index is -0.204. The number of nitrogens with zero attached hydrogens (tertiary/aromatic N) is 2. The van der Waals surface area contributed by atoms with Gasteiger partial charge in [0.05, 0.1) is 22.5 Å². The van der Waals surface area contributed by atoms with Crippen LogP contribution < -0.4 is 4.90 Å². The highest BCUT2D eigenvalue weighted by Gasteiger charge is 2.10. The molecule has 17 heavy (non-hydrogen) atoms. The van der Waals surface area contributed by atoms with Crippen LogP contribution in [0, 0.1) is 0 Å². The van der Waals surface area contributed by atoms with E-state index in [-0.39, 0.29) is 5.97 Å². The van der Waals surface area contributed by atoms with Crippen molar-refractivity contribution in [1.82, 2.24) is 4.98 Å². The first kappa shape index (κ1) is 14.3. The molecule has 6 heteroatoms. The number of anilines is 1. The lowest BCUT2D eigenvalue weighted by Gasteiger charge is -2.18. The highest BCUT2D eigenvalue weighted by molar-refractivity contribution is 9.10. The van der Waals surface area contributed by atoms with E-state index >= 15 is 0 Å². The number of halogens is 2. The van der Waals surface area contributed by atoms with Crippen LogP contribution in [0.1, 0.15) is 13.3 Å². The number of aromatic nitrogens is 1. The van der Waals surface area contributed by atoms with Crippen molar-refractivity contribution in [1.29, 1.82) is 0 Å². The fourth-order valence-electron chi connectivity index (χ4n) is 1.29. The average Bonchev–Trinajstić information content (AvgIpc) is 2.26. The summed E-state index contributed by atoms with van der Waals surface area (Å²) in [6.45, 7) is 2.75. The molecule has 0 atom stereocenters. The van der Waals surface area contributed by atoms with Gasteiger partial charge in [-0.25, -0.2) is 4.98 Å². The Morgan fingerprint density at radius 1 is 1.65 bits per heavy atom. The van der Waals surface area contributed by atoms with Crippen LogP contribution in [0.4, 0.5) is 5.82 Å². The first-order valence-electron chi connectivity index (χ1n) is 5.22. The fraction of sp³-hybridized carbons (Fsp3) is 0.455. The van der Waals surface area contributed by atoms with Gasteiger partial charge in [0.25, 0.3) is 0 Å². The maximum atomic E-state index is 11.2. The van der Waals surface area contributed by atoms with Crippen molar-refractivity contribution in [3.05, 3.63) is 21.8 Å². The van der Waals surface area contributed by atoms with Gasteiger partial charge < -0.3 is 9.64 Å². The second-order valence-electron chi connectivity index (χ2n) is 3.44. The molecule has 0 aliphatic heterocycles. The smallest absolute Gasteiger partial charge is 0.307 e. The number of rotatable bonds is 5. The summed E-state index contributed by atoms with van der Waals surface area (Å²) in [7, 11) is 1.86. The zero-order valence-corrected chi connectivity index (χ0v) is 12.1.